The number of anilines is 2. The van der Waals surface area contributed by atoms with Crippen molar-refractivity contribution in [2.75, 3.05) is 16.6 Å². The minimum absolute atomic E-state index is 0.265. The van der Waals surface area contributed by atoms with Gasteiger partial charge in [-0.15, -0.1) is 0 Å². The number of esters is 1. The van der Waals surface area contributed by atoms with Crippen LogP contribution in [-0.4, -0.2) is 23.3 Å². The predicted octanol–water partition coefficient (Wildman–Crippen LogP) is 7.27. The van der Waals surface area contributed by atoms with Gasteiger partial charge in [0.05, 0.1) is 23.7 Å². The monoisotopic (exact) mass is 596 g/mol. The number of benzene rings is 4. The highest BCUT2D eigenvalue weighted by atomic mass is 79.9. The first-order valence-electron chi connectivity index (χ1n) is 12.6. The number of hydrogen-bond acceptors (Lipinski definition) is 7. The van der Waals surface area contributed by atoms with Crippen molar-refractivity contribution in [3.63, 3.8) is 0 Å². The maximum Gasteiger partial charge on any atom is 0.365 e. The average molecular weight is 598 g/mol. The number of halogens is 1. The molecule has 0 aromatic heterocycles. The first-order chi connectivity index (χ1) is 19.0. The summed E-state index contributed by atoms with van der Waals surface area (Å²) >= 11 is 4.90. The summed E-state index contributed by atoms with van der Waals surface area (Å²) in [5, 5.41) is 14.3. The zero-order valence-electron chi connectivity index (χ0n) is 21.4. The lowest BCUT2D eigenvalue weighted by atomic mass is 9.93. The van der Waals surface area contributed by atoms with E-state index in [9.17, 15) is 4.79 Å². The van der Waals surface area contributed by atoms with E-state index in [-0.39, 0.29) is 11.7 Å². The lowest BCUT2D eigenvalue weighted by Crippen LogP contribution is -2.54. The third-order valence-electron chi connectivity index (χ3n) is 6.58. The van der Waals surface area contributed by atoms with Crippen molar-refractivity contribution in [2.45, 2.75) is 18.8 Å². The van der Waals surface area contributed by atoms with Crippen molar-refractivity contribution in [3.8, 4) is 0 Å². The maximum absolute atomic E-state index is 13.1. The number of fused-ring (bicyclic) bond motifs is 2. The smallest absolute Gasteiger partial charge is 0.365 e. The summed E-state index contributed by atoms with van der Waals surface area (Å²) in [5.41, 5.74) is 6.59. The van der Waals surface area contributed by atoms with Crippen molar-refractivity contribution in [1.82, 2.24) is 0 Å². The molecule has 0 saturated heterocycles. The van der Waals surface area contributed by atoms with Crippen molar-refractivity contribution >= 4 is 55.8 Å². The van der Waals surface area contributed by atoms with Crippen LogP contribution in [0.3, 0.4) is 0 Å². The molecule has 2 aliphatic rings. The molecular formula is C31H25BrN4O2S. The summed E-state index contributed by atoms with van der Waals surface area (Å²) < 4.78 is 6.41. The zero-order valence-corrected chi connectivity index (χ0v) is 23.8. The molecule has 6 rings (SSSR count). The summed E-state index contributed by atoms with van der Waals surface area (Å²) in [7, 11) is 0. The van der Waals surface area contributed by atoms with Crippen molar-refractivity contribution in [1.29, 1.82) is 0 Å². The van der Waals surface area contributed by atoms with Crippen molar-refractivity contribution in [2.24, 2.45) is 10.2 Å². The Hall–Kier alpha value is -3.88. The van der Waals surface area contributed by atoms with Gasteiger partial charge in [0.15, 0.2) is 0 Å². The van der Waals surface area contributed by atoms with Crippen LogP contribution in [0.25, 0.3) is 0 Å². The Balaban J connectivity index is 1.64. The van der Waals surface area contributed by atoms with Gasteiger partial charge in [0.25, 0.3) is 0 Å². The molecule has 39 heavy (non-hydrogen) atoms. The molecule has 194 valence electrons. The number of hydrogen-bond donors (Lipinski definition) is 0. The molecule has 8 heteroatoms. The fourth-order valence-electron chi connectivity index (χ4n) is 4.79. The molecule has 4 aromatic rings. The van der Waals surface area contributed by atoms with Gasteiger partial charge in [-0.2, -0.15) is 10.2 Å². The first kappa shape index (κ1) is 25.4. The molecular weight excluding hydrogens is 572 g/mol. The van der Waals surface area contributed by atoms with Gasteiger partial charge in [0, 0.05) is 21.2 Å². The molecule has 0 aliphatic carbocycles. The van der Waals surface area contributed by atoms with Gasteiger partial charge >= 0.3 is 5.97 Å². The molecule has 0 radical (unpaired) electrons. The van der Waals surface area contributed by atoms with Gasteiger partial charge in [-0.25, -0.2) is 14.8 Å². The van der Waals surface area contributed by atoms with Gasteiger partial charge in [-0.05, 0) is 62.0 Å². The summed E-state index contributed by atoms with van der Waals surface area (Å²) in [6.45, 7) is 4.11. The molecule has 0 N–H and O–H groups in total. The minimum Gasteiger partial charge on any atom is -0.461 e. The van der Waals surface area contributed by atoms with Crippen LogP contribution < -0.4 is 10.0 Å². The molecule has 1 unspecified atom stereocenters. The number of ether oxygens (including phenoxy) is 1. The number of carbonyl (C=O) groups is 1. The lowest BCUT2D eigenvalue weighted by molar-refractivity contribution is -0.134. The highest BCUT2D eigenvalue weighted by molar-refractivity contribution is 9.10. The fraction of sp³-hybridized carbons (Fsp3) is 0.129. The molecule has 1 spiro atoms. The number of thioether (sulfide) groups is 1. The molecule has 2 heterocycles. The summed E-state index contributed by atoms with van der Waals surface area (Å²) in [4.78, 5) is 12.1. The number of carbonyl (C=O) groups excluding carboxylic acids is 1. The summed E-state index contributed by atoms with van der Waals surface area (Å²) in [6.07, 6.45) is 0. The second kappa shape index (κ2) is 10.4. The normalized spacial score (nSPS) is 18.0. The van der Waals surface area contributed by atoms with E-state index in [1.54, 1.807) is 6.92 Å². The Morgan fingerprint density at radius 1 is 0.846 bits per heavy atom. The van der Waals surface area contributed by atoms with E-state index in [2.05, 4.69) is 40.2 Å². The van der Waals surface area contributed by atoms with Crippen LogP contribution in [0, 0.1) is 6.92 Å². The van der Waals surface area contributed by atoms with E-state index < -0.39 is 11.0 Å². The van der Waals surface area contributed by atoms with Crippen LogP contribution in [0.2, 0.25) is 0 Å². The summed E-state index contributed by atoms with van der Waals surface area (Å²) in [6, 6.07) is 34.5. The van der Waals surface area contributed by atoms with E-state index in [1.807, 2.05) is 95.8 Å². The predicted molar refractivity (Wildman–Crippen MR) is 162 cm³/mol. The van der Waals surface area contributed by atoms with Gasteiger partial charge in [0.1, 0.15) is 0 Å². The Morgan fingerprint density at radius 2 is 1.49 bits per heavy atom. The Bertz CT molecular complexity index is 1590. The Kier molecular flexibility index (Phi) is 6.74. The average Bonchev–Trinajstić information content (AvgIpc) is 3.36. The fourth-order valence-corrected chi connectivity index (χ4v) is 6.34. The number of nitrogens with zero attached hydrogens (tertiary/aromatic N) is 4. The van der Waals surface area contributed by atoms with Crippen LogP contribution >= 0.6 is 27.7 Å². The van der Waals surface area contributed by atoms with Crippen molar-refractivity contribution < 1.29 is 9.53 Å². The number of rotatable bonds is 5. The third-order valence-corrected chi connectivity index (χ3v) is 8.40. The van der Waals surface area contributed by atoms with E-state index in [4.69, 9.17) is 14.9 Å². The quantitative estimate of drug-likeness (QED) is 0.227. The van der Waals surface area contributed by atoms with E-state index in [1.165, 1.54) is 11.8 Å². The zero-order chi connectivity index (χ0) is 27.0. The topological polar surface area (TPSA) is 57.5 Å². The number of para-hydroxylation sites is 1. The maximum atomic E-state index is 13.1. The summed E-state index contributed by atoms with van der Waals surface area (Å²) in [5.74, 6) is -0.454. The van der Waals surface area contributed by atoms with Crippen molar-refractivity contribution in [3.05, 3.63) is 130 Å². The number of hydrazone groups is 2. The minimum atomic E-state index is -1.02. The second-order valence-electron chi connectivity index (χ2n) is 9.13. The standard InChI is InChI=1S/C31H25BrN4O2S/c1-3-38-30(37)29-34-36(25-19-13-21(2)14-20-25)31(39-29)27-12-8-7-11-26(27)28(22-15-17-23(32)18-16-22)33-35(31)24-9-5-4-6-10-24/h4-20H,3H2,1-2H3. The molecule has 1 atom stereocenters. The van der Waals surface area contributed by atoms with Crippen LogP contribution in [0.4, 0.5) is 11.4 Å². The Labute approximate surface area is 240 Å². The van der Waals surface area contributed by atoms with E-state index in [0.29, 0.717) is 0 Å². The molecule has 0 fully saturated rings. The molecule has 4 aromatic carbocycles. The first-order valence-corrected chi connectivity index (χ1v) is 14.2. The van der Waals surface area contributed by atoms with Crippen LogP contribution in [0.5, 0.6) is 0 Å². The molecule has 0 amide bonds. The van der Waals surface area contributed by atoms with Gasteiger partial charge in [-0.1, -0.05) is 88.2 Å². The van der Waals surface area contributed by atoms with Gasteiger partial charge < -0.3 is 4.74 Å². The lowest BCUT2D eigenvalue weighted by Gasteiger charge is -2.47. The van der Waals surface area contributed by atoms with Gasteiger partial charge in [-0.3, -0.25) is 0 Å². The Morgan fingerprint density at radius 3 is 2.21 bits per heavy atom. The highest BCUT2D eigenvalue weighted by Gasteiger charge is 2.56. The van der Waals surface area contributed by atoms with Gasteiger partial charge in [0.2, 0.25) is 10.0 Å². The molecule has 0 saturated carbocycles. The van der Waals surface area contributed by atoms with Crippen LogP contribution in [0.15, 0.2) is 118 Å². The second-order valence-corrected chi connectivity index (χ2v) is 11.2. The highest BCUT2D eigenvalue weighted by Crippen LogP contribution is 2.55. The molecule has 6 nitrogen and oxygen atoms in total. The van der Waals surface area contributed by atoms with E-state index in [0.717, 1.165) is 43.8 Å². The molecule has 2 aliphatic heterocycles. The number of aryl methyl sites for hydroxylation is 1. The van der Waals surface area contributed by atoms with Crippen LogP contribution in [0.1, 0.15) is 29.2 Å². The largest absolute Gasteiger partial charge is 0.461 e. The molecule has 0 bridgehead atoms. The third kappa shape index (κ3) is 4.43. The SMILES string of the molecule is CCOC(=O)C1=NN(c2ccc(C)cc2)C2(S1)c1ccccc1C(c1ccc(Br)cc1)=NN2c1ccccc1. The van der Waals surface area contributed by atoms with E-state index >= 15 is 0 Å². The van der Waals surface area contributed by atoms with Crippen LogP contribution in [-0.2, 0) is 14.5 Å².